The van der Waals surface area contributed by atoms with Gasteiger partial charge < -0.3 is 0 Å². The zero-order valence-electron chi connectivity index (χ0n) is 9.23. The van der Waals surface area contributed by atoms with Crippen LogP contribution in [-0.2, 0) is 0 Å². The van der Waals surface area contributed by atoms with E-state index in [0.717, 1.165) is 0 Å². The minimum atomic E-state index is 0.220. The molecule has 0 aliphatic heterocycles. The molecule has 0 fully saturated rings. The van der Waals surface area contributed by atoms with Crippen LogP contribution in [0.25, 0.3) is 0 Å². The summed E-state index contributed by atoms with van der Waals surface area (Å²) in [6, 6.07) is 2.54. The first-order valence-electron chi connectivity index (χ1n) is 6.15. The van der Waals surface area contributed by atoms with Gasteiger partial charge in [0.2, 0.25) is 0 Å². The Morgan fingerprint density at radius 3 is 1.87 bits per heavy atom. The summed E-state index contributed by atoms with van der Waals surface area (Å²) in [6.07, 6.45) is 16.4. The average molecular weight is 201 g/mol. The molecule has 1 heteroatoms. The predicted molar refractivity (Wildman–Crippen MR) is 62.1 cm³/mol. The molecule has 80 valence electrons. The minimum absolute atomic E-state index is 0.220. The van der Waals surface area contributed by atoms with Crippen molar-refractivity contribution < 1.29 is 0 Å². The standard InChI is InChI=1S/C14H19N/c15-11-14(12-7-3-1-4-8-12)13-9-5-2-6-10-13/h3,5,7,9,12-14H,1-2,4,6,8,10H2/t12-,13+,14?. The third kappa shape index (κ3) is 2.50. The van der Waals surface area contributed by atoms with Crippen molar-refractivity contribution in [3.63, 3.8) is 0 Å². The highest BCUT2D eigenvalue weighted by Gasteiger charge is 2.27. The van der Waals surface area contributed by atoms with Crippen molar-refractivity contribution in [3.05, 3.63) is 24.3 Å². The fraction of sp³-hybridized carbons (Fsp3) is 0.643. The van der Waals surface area contributed by atoms with Crippen molar-refractivity contribution in [1.29, 1.82) is 5.26 Å². The molecule has 0 spiro atoms. The molecule has 2 rings (SSSR count). The molecule has 3 atom stereocenters. The molecule has 0 aromatic rings. The highest BCUT2D eigenvalue weighted by atomic mass is 14.4. The Hall–Kier alpha value is -1.03. The van der Waals surface area contributed by atoms with E-state index in [4.69, 9.17) is 0 Å². The van der Waals surface area contributed by atoms with Gasteiger partial charge in [-0.25, -0.2) is 0 Å². The molecule has 0 heterocycles. The van der Waals surface area contributed by atoms with Gasteiger partial charge in [-0.2, -0.15) is 5.26 Å². The summed E-state index contributed by atoms with van der Waals surface area (Å²) >= 11 is 0. The molecule has 0 amide bonds. The molecule has 2 aliphatic carbocycles. The van der Waals surface area contributed by atoms with Crippen LogP contribution >= 0.6 is 0 Å². The van der Waals surface area contributed by atoms with Crippen LogP contribution in [0.3, 0.4) is 0 Å². The van der Waals surface area contributed by atoms with Crippen LogP contribution in [0, 0.1) is 29.1 Å². The van der Waals surface area contributed by atoms with Crippen LogP contribution < -0.4 is 0 Å². The van der Waals surface area contributed by atoms with Crippen molar-refractivity contribution in [3.8, 4) is 6.07 Å². The molecule has 1 unspecified atom stereocenters. The molecule has 1 nitrogen and oxygen atoms in total. The number of hydrogen-bond acceptors (Lipinski definition) is 1. The topological polar surface area (TPSA) is 23.8 Å². The van der Waals surface area contributed by atoms with E-state index in [1.807, 2.05) is 0 Å². The molecule has 0 saturated heterocycles. The van der Waals surface area contributed by atoms with Gasteiger partial charge in [-0.15, -0.1) is 0 Å². The van der Waals surface area contributed by atoms with Crippen LogP contribution in [0.15, 0.2) is 24.3 Å². The van der Waals surface area contributed by atoms with Gasteiger partial charge in [0.25, 0.3) is 0 Å². The van der Waals surface area contributed by atoms with Gasteiger partial charge in [-0.1, -0.05) is 24.3 Å². The van der Waals surface area contributed by atoms with Gasteiger partial charge in [0, 0.05) is 0 Å². The Morgan fingerprint density at radius 1 is 1.00 bits per heavy atom. The first-order chi connectivity index (χ1) is 7.42. The van der Waals surface area contributed by atoms with E-state index >= 15 is 0 Å². The molecular formula is C14H19N. The molecule has 0 aromatic heterocycles. The Kier molecular flexibility index (Phi) is 3.61. The first kappa shape index (κ1) is 10.5. The maximum Gasteiger partial charge on any atom is 0.0668 e. The van der Waals surface area contributed by atoms with Gasteiger partial charge in [-0.3, -0.25) is 0 Å². The Labute approximate surface area is 92.5 Å². The average Bonchev–Trinajstić information content (AvgIpc) is 2.33. The Morgan fingerprint density at radius 2 is 1.53 bits per heavy atom. The molecule has 2 aliphatic rings. The van der Waals surface area contributed by atoms with Crippen molar-refractivity contribution in [1.82, 2.24) is 0 Å². The van der Waals surface area contributed by atoms with E-state index in [2.05, 4.69) is 30.4 Å². The van der Waals surface area contributed by atoms with Gasteiger partial charge in [0.1, 0.15) is 0 Å². The Balaban J connectivity index is 2.05. The molecule has 0 N–H and O–H groups in total. The van der Waals surface area contributed by atoms with Gasteiger partial charge in [0.05, 0.1) is 12.0 Å². The normalized spacial score (nSPS) is 32.2. The number of hydrogen-bond donors (Lipinski definition) is 0. The number of rotatable bonds is 2. The van der Waals surface area contributed by atoms with Crippen molar-refractivity contribution >= 4 is 0 Å². The van der Waals surface area contributed by atoms with E-state index in [9.17, 15) is 5.26 Å². The largest absolute Gasteiger partial charge is 0.198 e. The van der Waals surface area contributed by atoms with Crippen molar-refractivity contribution in [2.75, 3.05) is 0 Å². The number of nitriles is 1. The van der Waals surface area contributed by atoms with Crippen LogP contribution in [0.4, 0.5) is 0 Å². The van der Waals surface area contributed by atoms with Crippen molar-refractivity contribution in [2.45, 2.75) is 38.5 Å². The first-order valence-corrected chi connectivity index (χ1v) is 6.15. The van der Waals surface area contributed by atoms with E-state index < -0.39 is 0 Å². The summed E-state index contributed by atoms with van der Waals surface area (Å²) < 4.78 is 0. The number of nitrogens with zero attached hydrogens (tertiary/aromatic N) is 1. The lowest BCUT2D eigenvalue weighted by Crippen LogP contribution is -2.22. The van der Waals surface area contributed by atoms with Gasteiger partial charge in [-0.05, 0) is 50.4 Å². The molecule has 0 radical (unpaired) electrons. The summed E-state index contributed by atoms with van der Waals surface area (Å²) in [6.45, 7) is 0. The zero-order valence-corrected chi connectivity index (χ0v) is 9.23. The maximum absolute atomic E-state index is 9.31. The molecular weight excluding hydrogens is 182 g/mol. The lowest BCUT2D eigenvalue weighted by Gasteiger charge is -2.28. The predicted octanol–water partition coefficient (Wildman–Crippen LogP) is 3.84. The summed E-state index contributed by atoms with van der Waals surface area (Å²) in [5.74, 6) is 1.24. The van der Waals surface area contributed by atoms with Crippen LogP contribution in [0.2, 0.25) is 0 Å². The highest BCUT2D eigenvalue weighted by Crippen LogP contribution is 2.34. The lowest BCUT2D eigenvalue weighted by atomic mass is 9.75. The zero-order chi connectivity index (χ0) is 10.5. The lowest BCUT2D eigenvalue weighted by molar-refractivity contribution is 0.326. The fourth-order valence-corrected chi connectivity index (χ4v) is 2.78. The van der Waals surface area contributed by atoms with Gasteiger partial charge in [0.15, 0.2) is 0 Å². The SMILES string of the molecule is N#CC([C@@H]1C=CCCC1)[C@H]1C=CCCC1. The summed E-state index contributed by atoms with van der Waals surface area (Å²) in [5, 5.41) is 9.31. The Bertz CT molecular complexity index is 271. The quantitative estimate of drug-likeness (QED) is 0.623. The van der Waals surface area contributed by atoms with Crippen LogP contribution in [0.5, 0.6) is 0 Å². The molecule has 0 bridgehead atoms. The fourth-order valence-electron chi connectivity index (χ4n) is 2.78. The molecule has 0 saturated carbocycles. The smallest absolute Gasteiger partial charge is 0.0668 e. The number of allylic oxidation sites excluding steroid dienone is 4. The van der Waals surface area contributed by atoms with Crippen molar-refractivity contribution in [2.24, 2.45) is 17.8 Å². The van der Waals surface area contributed by atoms with Crippen LogP contribution in [0.1, 0.15) is 38.5 Å². The van der Waals surface area contributed by atoms with Crippen LogP contribution in [-0.4, -0.2) is 0 Å². The second kappa shape index (κ2) is 5.16. The van der Waals surface area contributed by atoms with Gasteiger partial charge >= 0.3 is 0 Å². The summed E-state index contributed by atoms with van der Waals surface area (Å²) in [5.41, 5.74) is 0. The summed E-state index contributed by atoms with van der Waals surface area (Å²) in [7, 11) is 0. The molecule has 0 aromatic carbocycles. The van der Waals surface area contributed by atoms with E-state index in [0.29, 0.717) is 11.8 Å². The maximum atomic E-state index is 9.31. The molecule has 15 heavy (non-hydrogen) atoms. The summed E-state index contributed by atoms with van der Waals surface area (Å²) in [4.78, 5) is 0. The second-order valence-electron chi connectivity index (χ2n) is 4.70. The van der Waals surface area contributed by atoms with E-state index in [1.54, 1.807) is 0 Å². The second-order valence-corrected chi connectivity index (χ2v) is 4.70. The monoisotopic (exact) mass is 201 g/mol. The third-order valence-electron chi connectivity index (χ3n) is 3.65. The van der Waals surface area contributed by atoms with E-state index in [-0.39, 0.29) is 5.92 Å². The minimum Gasteiger partial charge on any atom is -0.198 e. The van der Waals surface area contributed by atoms with E-state index in [1.165, 1.54) is 38.5 Å². The third-order valence-corrected chi connectivity index (χ3v) is 3.65. The highest BCUT2D eigenvalue weighted by molar-refractivity contribution is 5.09.